The molecule has 3 aromatic heterocycles. The van der Waals surface area contributed by atoms with E-state index in [4.69, 9.17) is 14.5 Å². The van der Waals surface area contributed by atoms with Gasteiger partial charge >= 0.3 is 6.09 Å². The molecule has 0 aliphatic carbocycles. The number of nitrogens with one attached hydrogen (secondary N) is 3. The Morgan fingerprint density at radius 3 is 2.63 bits per heavy atom. The van der Waals surface area contributed by atoms with Gasteiger partial charge in [0.15, 0.2) is 5.82 Å². The SMILES string of the molecule is CCC[C@@H](CCO)Nc1nc(NC(=O)OC)nc2cnn(Cc3ncc(C4CCN(C5CCNCC5)CC4)cc3OC)c12. The van der Waals surface area contributed by atoms with E-state index in [0.29, 0.717) is 41.8 Å². The van der Waals surface area contributed by atoms with Crippen molar-refractivity contribution < 1.29 is 19.4 Å². The zero-order valence-electron chi connectivity index (χ0n) is 25.5. The monoisotopic (exact) mass is 595 g/mol. The van der Waals surface area contributed by atoms with E-state index < -0.39 is 6.09 Å². The van der Waals surface area contributed by atoms with Gasteiger partial charge in [0.1, 0.15) is 22.5 Å². The average Bonchev–Trinajstić information content (AvgIpc) is 3.44. The van der Waals surface area contributed by atoms with Crippen LogP contribution in [0.15, 0.2) is 18.5 Å². The molecule has 0 radical (unpaired) electrons. The number of likely N-dealkylation sites (tertiary alicyclic amines) is 1. The van der Waals surface area contributed by atoms with Crippen molar-refractivity contribution in [1.82, 2.24) is 34.9 Å². The molecule has 5 rings (SSSR count). The number of ether oxygens (including phenoxy) is 2. The molecule has 1 atom stereocenters. The summed E-state index contributed by atoms with van der Waals surface area (Å²) in [4.78, 5) is 28.5. The number of piperidine rings is 2. The molecule has 2 saturated heterocycles. The zero-order valence-corrected chi connectivity index (χ0v) is 25.5. The second kappa shape index (κ2) is 14.8. The zero-order chi connectivity index (χ0) is 30.2. The fourth-order valence-corrected chi connectivity index (χ4v) is 6.32. The summed E-state index contributed by atoms with van der Waals surface area (Å²) in [7, 11) is 2.96. The van der Waals surface area contributed by atoms with Gasteiger partial charge in [-0.2, -0.15) is 10.1 Å². The third-order valence-corrected chi connectivity index (χ3v) is 8.64. The Labute approximate surface area is 252 Å². The van der Waals surface area contributed by atoms with Crippen molar-refractivity contribution in [2.24, 2.45) is 0 Å². The Kier molecular flexibility index (Phi) is 10.6. The second-order valence-corrected chi connectivity index (χ2v) is 11.4. The first-order chi connectivity index (χ1) is 21.0. The largest absolute Gasteiger partial charge is 0.495 e. The van der Waals surface area contributed by atoms with Crippen molar-refractivity contribution in [3.8, 4) is 5.75 Å². The predicted molar refractivity (Wildman–Crippen MR) is 165 cm³/mol. The van der Waals surface area contributed by atoms with Crippen molar-refractivity contribution in [2.45, 2.75) is 76.4 Å². The van der Waals surface area contributed by atoms with Crippen LogP contribution in [-0.2, 0) is 11.3 Å². The Hall–Kier alpha value is -3.55. The Morgan fingerprint density at radius 1 is 1.14 bits per heavy atom. The molecule has 1 amide bonds. The highest BCUT2D eigenvalue weighted by Crippen LogP contribution is 2.33. The van der Waals surface area contributed by atoms with Crippen molar-refractivity contribution in [1.29, 1.82) is 0 Å². The van der Waals surface area contributed by atoms with Crippen LogP contribution >= 0.6 is 0 Å². The summed E-state index contributed by atoms with van der Waals surface area (Å²) in [6, 6.07) is 2.82. The average molecular weight is 596 g/mol. The van der Waals surface area contributed by atoms with E-state index in [0.717, 1.165) is 63.3 Å². The molecule has 4 N–H and O–H groups in total. The van der Waals surface area contributed by atoms with Gasteiger partial charge < -0.3 is 30.1 Å². The third kappa shape index (κ3) is 7.51. The number of anilines is 2. The summed E-state index contributed by atoms with van der Waals surface area (Å²) in [5, 5.41) is 23.7. The van der Waals surface area contributed by atoms with E-state index in [1.165, 1.54) is 25.5 Å². The van der Waals surface area contributed by atoms with E-state index in [1.807, 2.05) is 6.20 Å². The molecule has 0 aromatic carbocycles. The van der Waals surface area contributed by atoms with Crippen molar-refractivity contribution in [2.75, 3.05) is 57.6 Å². The van der Waals surface area contributed by atoms with Gasteiger partial charge in [-0.25, -0.2) is 9.78 Å². The highest BCUT2D eigenvalue weighted by molar-refractivity contribution is 5.89. The van der Waals surface area contributed by atoms with Gasteiger partial charge in [-0.3, -0.25) is 15.0 Å². The minimum atomic E-state index is -0.663. The highest BCUT2D eigenvalue weighted by atomic mass is 16.5. The number of pyridine rings is 1. The lowest BCUT2D eigenvalue weighted by atomic mass is 9.88. The van der Waals surface area contributed by atoms with Gasteiger partial charge in [-0.05, 0) is 82.3 Å². The van der Waals surface area contributed by atoms with Gasteiger partial charge in [-0.15, -0.1) is 0 Å². The molecule has 234 valence electrons. The van der Waals surface area contributed by atoms with Gasteiger partial charge in [0.2, 0.25) is 5.95 Å². The summed E-state index contributed by atoms with van der Waals surface area (Å²) in [5.41, 5.74) is 3.20. The number of fused-ring (bicyclic) bond motifs is 1. The Morgan fingerprint density at radius 2 is 1.93 bits per heavy atom. The lowest BCUT2D eigenvalue weighted by Crippen LogP contribution is -2.46. The van der Waals surface area contributed by atoms with E-state index in [1.54, 1.807) is 18.0 Å². The molecule has 3 aromatic rings. The molecular weight excluding hydrogens is 550 g/mol. The molecule has 2 aliphatic rings. The lowest BCUT2D eigenvalue weighted by molar-refractivity contribution is 0.127. The predicted octanol–water partition coefficient (Wildman–Crippen LogP) is 3.35. The number of carbonyl (C=O) groups excluding carboxylic acids is 1. The van der Waals surface area contributed by atoms with Crippen molar-refractivity contribution in [3.05, 3.63) is 29.7 Å². The van der Waals surface area contributed by atoms with Crippen LogP contribution in [0.4, 0.5) is 16.6 Å². The minimum absolute atomic E-state index is 0.0180. The fraction of sp³-hybridized carbons (Fsp3) is 0.633. The van der Waals surface area contributed by atoms with Crippen molar-refractivity contribution in [3.63, 3.8) is 0 Å². The van der Waals surface area contributed by atoms with Gasteiger partial charge in [0, 0.05) is 24.9 Å². The van der Waals surface area contributed by atoms with E-state index in [2.05, 4.69) is 48.9 Å². The maximum absolute atomic E-state index is 11.9. The molecule has 0 saturated carbocycles. The molecule has 0 unspecified atom stereocenters. The number of aliphatic hydroxyl groups is 1. The molecule has 13 nitrogen and oxygen atoms in total. The summed E-state index contributed by atoms with van der Waals surface area (Å²) < 4.78 is 12.4. The minimum Gasteiger partial charge on any atom is -0.495 e. The smallest absolute Gasteiger partial charge is 0.413 e. The molecule has 0 spiro atoms. The molecule has 13 heteroatoms. The Bertz CT molecular complexity index is 1350. The molecule has 43 heavy (non-hydrogen) atoms. The van der Waals surface area contributed by atoms with Crippen LogP contribution in [0.2, 0.25) is 0 Å². The molecular formula is C30H45N9O4. The van der Waals surface area contributed by atoms with Crippen LogP contribution in [-0.4, -0.2) is 99.9 Å². The van der Waals surface area contributed by atoms with Crippen LogP contribution < -0.4 is 20.7 Å². The number of aliphatic hydroxyl groups excluding tert-OH is 1. The fourth-order valence-electron chi connectivity index (χ4n) is 6.32. The highest BCUT2D eigenvalue weighted by Gasteiger charge is 2.28. The number of aromatic nitrogens is 5. The van der Waals surface area contributed by atoms with Gasteiger partial charge in [0.05, 0.1) is 27.0 Å². The van der Waals surface area contributed by atoms with Crippen LogP contribution in [0.1, 0.15) is 69.0 Å². The van der Waals surface area contributed by atoms with Crippen LogP contribution in [0, 0.1) is 0 Å². The first kappa shape index (κ1) is 30.9. The first-order valence-corrected chi connectivity index (χ1v) is 15.5. The van der Waals surface area contributed by atoms with Crippen LogP contribution in [0.25, 0.3) is 11.0 Å². The normalized spacial score (nSPS) is 17.6. The number of hydrogen-bond acceptors (Lipinski definition) is 11. The standard InChI is InChI=1S/C30H45N9O4/c1-4-5-22(10-15-40)34-28-27-24(35-29(36-28)37-30(41)43-3)18-33-39(27)19-25-26(42-2)16-21(17-32-25)20-8-13-38(14-9-20)23-6-11-31-12-7-23/h16-18,20,22-23,31,40H,4-15,19H2,1-3H3,(H2,34,35,36,37,41)/t22-/m0/s1. The number of methoxy groups -OCH3 is 2. The second-order valence-electron chi connectivity index (χ2n) is 11.4. The topological polar surface area (TPSA) is 152 Å². The molecule has 2 aliphatic heterocycles. The van der Waals surface area contributed by atoms with E-state index in [9.17, 15) is 9.90 Å². The summed E-state index contributed by atoms with van der Waals surface area (Å²) in [6.07, 6.45) is 10.0. The number of carbonyl (C=O) groups is 1. The number of amides is 1. The van der Waals surface area contributed by atoms with Crippen LogP contribution in [0.3, 0.4) is 0 Å². The maximum atomic E-state index is 11.9. The summed E-state index contributed by atoms with van der Waals surface area (Å²) in [6.45, 7) is 6.97. The van der Waals surface area contributed by atoms with Crippen LogP contribution in [0.5, 0.6) is 5.75 Å². The van der Waals surface area contributed by atoms with Gasteiger partial charge in [-0.1, -0.05) is 13.3 Å². The summed E-state index contributed by atoms with van der Waals surface area (Å²) >= 11 is 0. The molecule has 5 heterocycles. The lowest BCUT2D eigenvalue weighted by Gasteiger charge is -2.39. The van der Waals surface area contributed by atoms with E-state index >= 15 is 0 Å². The summed E-state index contributed by atoms with van der Waals surface area (Å²) in [5.74, 6) is 1.81. The maximum Gasteiger partial charge on any atom is 0.413 e. The quantitative estimate of drug-likeness (QED) is 0.244. The molecule has 0 bridgehead atoms. The number of hydrogen-bond donors (Lipinski definition) is 4. The van der Waals surface area contributed by atoms with Crippen molar-refractivity contribution >= 4 is 28.9 Å². The molecule has 2 fully saturated rings. The Balaban J connectivity index is 1.37. The van der Waals surface area contributed by atoms with E-state index in [-0.39, 0.29) is 18.6 Å². The third-order valence-electron chi connectivity index (χ3n) is 8.64. The number of rotatable bonds is 12. The first-order valence-electron chi connectivity index (χ1n) is 15.5. The number of nitrogens with zero attached hydrogens (tertiary/aromatic N) is 6. The van der Waals surface area contributed by atoms with Gasteiger partial charge in [0.25, 0.3) is 0 Å².